The number of amides is 2. The normalized spacial score (nSPS) is 11.3. The number of hydrogen-bond acceptors (Lipinski definition) is 7. The topological polar surface area (TPSA) is 120 Å². The lowest BCUT2D eigenvalue weighted by Gasteiger charge is -2.15. The highest BCUT2D eigenvalue weighted by molar-refractivity contribution is 8.00. The van der Waals surface area contributed by atoms with Crippen LogP contribution in [0.2, 0.25) is 0 Å². The predicted molar refractivity (Wildman–Crippen MR) is 131 cm³/mol. The monoisotopic (exact) mass is 481 g/mol. The third-order valence-corrected chi connectivity index (χ3v) is 5.85. The Hall–Kier alpha value is -4.05. The first kappa shape index (κ1) is 24.6. The highest BCUT2D eigenvalue weighted by Crippen LogP contribution is 2.31. The van der Waals surface area contributed by atoms with E-state index >= 15 is 0 Å². The molecule has 9 nitrogen and oxygen atoms in total. The minimum atomic E-state index is -0.554. The van der Waals surface area contributed by atoms with E-state index in [-0.39, 0.29) is 17.2 Å². The van der Waals surface area contributed by atoms with Crippen LogP contribution < -0.4 is 20.1 Å². The Morgan fingerprint density at radius 2 is 1.74 bits per heavy atom. The molecular formula is C24H23N3O6S. The second-order valence-corrected chi connectivity index (χ2v) is 8.52. The SMILES string of the molecule is COc1ccc(NC(=O)C(C)Sc2cccc(NC(=O)c3cccc([N+](=O)[O-])c3)c2)c(OC)c1. The molecule has 2 N–H and O–H groups in total. The van der Waals surface area contributed by atoms with Crippen LogP contribution in [0.3, 0.4) is 0 Å². The molecule has 3 rings (SSSR count). The third-order valence-electron chi connectivity index (χ3n) is 4.76. The van der Waals surface area contributed by atoms with Gasteiger partial charge in [0.25, 0.3) is 11.6 Å². The highest BCUT2D eigenvalue weighted by atomic mass is 32.2. The summed E-state index contributed by atoms with van der Waals surface area (Å²) in [7, 11) is 3.06. The summed E-state index contributed by atoms with van der Waals surface area (Å²) >= 11 is 1.32. The molecule has 0 radical (unpaired) electrons. The molecule has 0 fully saturated rings. The van der Waals surface area contributed by atoms with E-state index in [0.29, 0.717) is 22.9 Å². The molecule has 0 aromatic heterocycles. The van der Waals surface area contributed by atoms with Crippen LogP contribution in [0.5, 0.6) is 11.5 Å². The fourth-order valence-corrected chi connectivity index (χ4v) is 3.93. The smallest absolute Gasteiger partial charge is 0.270 e. The van der Waals surface area contributed by atoms with Gasteiger partial charge < -0.3 is 20.1 Å². The Morgan fingerprint density at radius 3 is 2.44 bits per heavy atom. The number of rotatable bonds is 9. The molecule has 34 heavy (non-hydrogen) atoms. The van der Waals surface area contributed by atoms with Gasteiger partial charge in [-0.2, -0.15) is 0 Å². The summed E-state index contributed by atoms with van der Waals surface area (Å²) in [6.45, 7) is 1.77. The number of thioether (sulfide) groups is 1. The molecule has 0 aliphatic heterocycles. The summed E-state index contributed by atoms with van der Waals surface area (Å²) in [5.41, 5.74) is 1.04. The molecule has 2 amide bonds. The van der Waals surface area contributed by atoms with Crippen molar-refractivity contribution in [3.8, 4) is 11.5 Å². The van der Waals surface area contributed by atoms with E-state index in [1.54, 1.807) is 50.4 Å². The van der Waals surface area contributed by atoms with Crippen LogP contribution in [0, 0.1) is 10.1 Å². The Labute approximate surface area is 200 Å². The van der Waals surface area contributed by atoms with Crippen molar-refractivity contribution in [3.05, 3.63) is 82.4 Å². The molecule has 0 spiro atoms. The van der Waals surface area contributed by atoms with Gasteiger partial charge in [0.15, 0.2) is 0 Å². The van der Waals surface area contributed by atoms with Crippen molar-refractivity contribution in [3.63, 3.8) is 0 Å². The minimum absolute atomic E-state index is 0.162. The number of anilines is 2. The number of carbonyl (C=O) groups excluding carboxylic acids is 2. The first-order valence-corrected chi connectivity index (χ1v) is 11.0. The summed E-state index contributed by atoms with van der Waals surface area (Å²) in [5.74, 6) is 0.403. The largest absolute Gasteiger partial charge is 0.497 e. The number of carbonyl (C=O) groups is 2. The van der Waals surface area contributed by atoms with Gasteiger partial charge >= 0.3 is 0 Å². The van der Waals surface area contributed by atoms with Crippen LogP contribution in [-0.2, 0) is 4.79 Å². The summed E-state index contributed by atoms with van der Waals surface area (Å²) in [6.07, 6.45) is 0. The van der Waals surface area contributed by atoms with Crippen molar-refractivity contribution < 1.29 is 24.0 Å². The van der Waals surface area contributed by atoms with Crippen LogP contribution in [0.25, 0.3) is 0 Å². The van der Waals surface area contributed by atoms with E-state index in [4.69, 9.17) is 9.47 Å². The average Bonchev–Trinajstić information content (AvgIpc) is 2.84. The second-order valence-electron chi connectivity index (χ2n) is 7.10. The van der Waals surface area contributed by atoms with Crippen LogP contribution in [0.1, 0.15) is 17.3 Å². The lowest BCUT2D eigenvalue weighted by atomic mass is 10.2. The number of hydrogen-bond donors (Lipinski definition) is 2. The Kier molecular flexibility index (Phi) is 8.10. The van der Waals surface area contributed by atoms with Crippen molar-refractivity contribution in [2.75, 3.05) is 24.9 Å². The fourth-order valence-electron chi connectivity index (χ4n) is 3.00. The molecule has 10 heteroatoms. The van der Waals surface area contributed by atoms with Gasteiger partial charge in [0.2, 0.25) is 5.91 Å². The molecule has 176 valence electrons. The van der Waals surface area contributed by atoms with E-state index in [1.807, 2.05) is 6.07 Å². The van der Waals surface area contributed by atoms with E-state index in [0.717, 1.165) is 4.90 Å². The van der Waals surface area contributed by atoms with Gasteiger partial charge in [-0.1, -0.05) is 12.1 Å². The van der Waals surface area contributed by atoms with Gasteiger partial charge in [-0.05, 0) is 43.3 Å². The van der Waals surface area contributed by atoms with Crippen LogP contribution in [-0.4, -0.2) is 36.2 Å². The lowest BCUT2D eigenvalue weighted by Crippen LogP contribution is -2.22. The van der Waals surface area contributed by atoms with Crippen molar-refractivity contribution >= 4 is 40.6 Å². The quantitative estimate of drug-likeness (QED) is 0.251. The van der Waals surface area contributed by atoms with Crippen molar-refractivity contribution in [2.24, 2.45) is 0 Å². The third kappa shape index (κ3) is 6.26. The van der Waals surface area contributed by atoms with Gasteiger partial charge in [0.05, 0.1) is 30.1 Å². The maximum Gasteiger partial charge on any atom is 0.270 e. The zero-order chi connectivity index (χ0) is 24.7. The molecule has 3 aromatic rings. The molecule has 0 saturated heterocycles. The first-order chi connectivity index (χ1) is 16.3. The number of nitrogens with zero attached hydrogens (tertiary/aromatic N) is 1. The standard InChI is InChI=1S/C24H23N3O6S/c1-15(23(28)26-21-11-10-19(32-2)14-22(21)33-3)34-20-9-5-7-17(13-20)25-24(29)16-6-4-8-18(12-16)27(30)31/h4-15H,1-3H3,(H,25,29)(H,26,28). The number of nitro benzene ring substituents is 1. The minimum Gasteiger partial charge on any atom is -0.497 e. The number of benzene rings is 3. The number of nitro groups is 1. The molecule has 0 bridgehead atoms. The Morgan fingerprint density at radius 1 is 0.971 bits per heavy atom. The summed E-state index contributed by atoms with van der Waals surface area (Å²) in [6, 6.07) is 17.6. The van der Waals surface area contributed by atoms with Crippen LogP contribution in [0.4, 0.5) is 17.1 Å². The van der Waals surface area contributed by atoms with Gasteiger partial charge in [-0.15, -0.1) is 11.8 Å². The molecule has 0 saturated carbocycles. The van der Waals surface area contributed by atoms with E-state index in [1.165, 1.54) is 43.1 Å². The summed E-state index contributed by atoms with van der Waals surface area (Å²) in [4.78, 5) is 36.4. The zero-order valence-electron chi connectivity index (χ0n) is 18.7. The van der Waals surface area contributed by atoms with Crippen molar-refractivity contribution in [1.82, 2.24) is 0 Å². The predicted octanol–water partition coefficient (Wildman–Crippen LogP) is 4.98. The lowest BCUT2D eigenvalue weighted by molar-refractivity contribution is -0.384. The maximum absolute atomic E-state index is 12.7. The maximum atomic E-state index is 12.7. The molecule has 1 atom stereocenters. The van der Waals surface area contributed by atoms with Gasteiger partial charge in [0, 0.05) is 34.3 Å². The average molecular weight is 482 g/mol. The molecule has 1 unspecified atom stereocenters. The molecule has 3 aromatic carbocycles. The summed E-state index contributed by atoms with van der Waals surface area (Å²) < 4.78 is 10.5. The van der Waals surface area contributed by atoms with Crippen LogP contribution >= 0.6 is 11.8 Å². The van der Waals surface area contributed by atoms with Gasteiger partial charge in [-0.25, -0.2) is 0 Å². The van der Waals surface area contributed by atoms with Crippen LogP contribution in [0.15, 0.2) is 71.6 Å². The first-order valence-electron chi connectivity index (χ1n) is 10.2. The number of nitrogens with one attached hydrogen (secondary N) is 2. The molecule has 0 aliphatic rings. The van der Waals surface area contributed by atoms with E-state index in [9.17, 15) is 19.7 Å². The zero-order valence-corrected chi connectivity index (χ0v) is 19.5. The molecule has 0 aliphatic carbocycles. The Balaban J connectivity index is 1.65. The van der Waals surface area contributed by atoms with Crippen molar-refractivity contribution in [1.29, 1.82) is 0 Å². The Bertz CT molecular complexity index is 1220. The highest BCUT2D eigenvalue weighted by Gasteiger charge is 2.18. The fraction of sp³-hybridized carbons (Fsp3) is 0.167. The molecular weight excluding hydrogens is 458 g/mol. The van der Waals surface area contributed by atoms with Gasteiger partial charge in [0.1, 0.15) is 11.5 Å². The number of methoxy groups -OCH3 is 2. The number of ether oxygens (including phenoxy) is 2. The molecule has 0 heterocycles. The number of non-ortho nitro benzene ring substituents is 1. The summed E-state index contributed by atoms with van der Waals surface area (Å²) in [5, 5.41) is 16.1. The second kappa shape index (κ2) is 11.2. The van der Waals surface area contributed by atoms with E-state index < -0.39 is 16.1 Å². The van der Waals surface area contributed by atoms with E-state index in [2.05, 4.69) is 10.6 Å². The van der Waals surface area contributed by atoms with Crippen molar-refractivity contribution in [2.45, 2.75) is 17.1 Å². The van der Waals surface area contributed by atoms with Gasteiger partial charge in [-0.3, -0.25) is 19.7 Å².